The van der Waals surface area contributed by atoms with Gasteiger partial charge >= 0.3 is 11.9 Å². The van der Waals surface area contributed by atoms with E-state index in [1.165, 1.54) is 41.5 Å². The van der Waals surface area contributed by atoms with Gasteiger partial charge in [0, 0.05) is 16.8 Å². The van der Waals surface area contributed by atoms with Crippen LogP contribution in [0.3, 0.4) is 0 Å². The third-order valence-electron chi connectivity index (χ3n) is 5.91. The molecular formula is C23H19ClF4N8O3. The molecule has 1 aliphatic carbocycles. The number of nitrogens with one attached hydrogen (secondary N) is 1. The van der Waals surface area contributed by atoms with Crippen molar-refractivity contribution in [3.8, 4) is 17.1 Å². The van der Waals surface area contributed by atoms with Gasteiger partial charge in [-0.2, -0.15) is 13.2 Å². The summed E-state index contributed by atoms with van der Waals surface area (Å²) in [6.07, 6.45) is -6.10. The van der Waals surface area contributed by atoms with Gasteiger partial charge in [0.2, 0.25) is 5.91 Å². The zero-order chi connectivity index (χ0) is 27.9. The number of aliphatic hydroxyl groups excluding tert-OH is 1. The van der Waals surface area contributed by atoms with Gasteiger partial charge in [0.1, 0.15) is 24.7 Å². The Morgan fingerprint density at radius 2 is 1.90 bits per heavy atom. The Labute approximate surface area is 221 Å². The van der Waals surface area contributed by atoms with E-state index in [9.17, 15) is 32.3 Å². The van der Waals surface area contributed by atoms with Crippen molar-refractivity contribution in [1.29, 1.82) is 0 Å². The number of amides is 1. The van der Waals surface area contributed by atoms with Gasteiger partial charge in [0.25, 0.3) is 0 Å². The zero-order valence-electron chi connectivity index (χ0n) is 19.8. The number of alkyl halides is 4. The summed E-state index contributed by atoms with van der Waals surface area (Å²) in [6, 6.07) is 9.08. The molecule has 16 heteroatoms. The lowest BCUT2D eigenvalue weighted by Crippen LogP contribution is -2.37. The lowest BCUT2D eigenvalue weighted by molar-refractivity contribution is -0.207. The van der Waals surface area contributed by atoms with Crippen LogP contribution in [0.5, 0.6) is 0 Å². The van der Waals surface area contributed by atoms with Crippen LogP contribution in [0.25, 0.3) is 17.1 Å². The van der Waals surface area contributed by atoms with Crippen molar-refractivity contribution in [3.05, 3.63) is 70.3 Å². The average molecular weight is 567 g/mol. The van der Waals surface area contributed by atoms with Gasteiger partial charge in [-0.05, 0) is 42.8 Å². The first-order chi connectivity index (χ1) is 18.5. The summed E-state index contributed by atoms with van der Waals surface area (Å²) < 4.78 is 55.3. The van der Waals surface area contributed by atoms with Crippen LogP contribution in [0, 0.1) is 5.92 Å². The molecule has 0 spiro atoms. The number of benzene rings is 1. The van der Waals surface area contributed by atoms with E-state index < -0.39 is 42.5 Å². The van der Waals surface area contributed by atoms with Crippen molar-refractivity contribution >= 4 is 23.3 Å². The van der Waals surface area contributed by atoms with Gasteiger partial charge in [-0.3, -0.25) is 9.36 Å². The normalized spacial score (nSPS) is 17.7. The van der Waals surface area contributed by atoms with Crippen molar-refractivity contribution in [3.63, 3.8) is 0 Å². The first-order valence-electron chi connectivity index (χ1n) is 11.5. The second-order valence-electron chi connectivity index (χ2n) is 8.76. The molecule has 0 saturated heterocycles. The summed E-state index contributed by atoms with van der Waals surface area (Å²) in [5, 5.41) is 21.0. The largest absolute Gasteiger partial charge is 0.416 e. The molecule has 11 nitrogen and oxygen atoms in total. The Kier molecular flexibility index (Phi) is 6.94. The number of pyridine rings is 1. The number of anilines is 1. The number of rotatable bonds is 8. The van der Waals surface area contributed by atoms with Gasteiger partial charge < -0.3 is 10.4 Å². The van der Waals surface area contributed by atoms with E-state index in [4.69, 9.17) is 11.6 Å². The van der Waals surface area contributed by atoms with E-state index in [0.29, 0.717) is 20.8 Å². The van der Waals surface area contributed by atoms with Gasteiger partial charge in [-0.25, -0.2) is 28.5 Å². The first kappa shape index (κ1) is 26.5. The van der Waals surface area contributed by atoms with Crippen molar-refractivity contribution < 1.29 is 27.5 Å². The van der Waals surface area contributed by atoms with E-state index in [2.05, 4.69) is 25.5 Å². The summed E-state index contributed by atoms with van der Waals surface area (Å²) in [6.45, 7) is -1.41. The highest BCUT2D eigenvalue weighted by Gasteiger charge is 2.44. The van der Waals surface area contributed by atoms with Crippen molar-refractivity contribution in [2.75, 3.05) is 5.32 Å². The molecule has 0 aliphatic heterocycles. The molecule has 4 aromatic rings. The van der Waals surface area contributed by atoms with E-state index in [0.717, 1.165) is 4.68 Å². The molecule has 39 heavy (non-hydrogen) atoms. The van der Waals surface area contributed by atoms with E-state index in [-0.39, 0.29) is 30.4 Å². The second-order valence-corrected chi connectivity index (χ2v) is 9.20. The van der Waals surface area contributed by atoms with Crippen LogP contribution >= 0.6 is 11.6 Å². The van der Waals surface area contributed by atoms with Crippen LogP contribution in [0.2, 0.25) is 5.02 Å². The van der Waals surface area contributed by atoms with Crippen LogP contribution in [0.1, 0.15) is 12.2 Å². The fourth-order valence-electron chi connectivity index (χ4n) is 3.74. The molecule has 5 rings (SSSR count). The predicted octanol–water partition coefficient (Wildman–Crippen LogP) is 2.61. The standard InChI is InChI=1S/C23H19ClF4N8O3/c24-13-5-3-12(4-6-13)20-33-35(22(39)34(20)9-17(37)23(26,27)28)10-18-30-11-36(32-18)16-2-1-7-29-19(16)31-21(38)14-8-15(14)25/h1-7,11,14-15,17,37H,8-10H2,(H,29,31,38)/t14-,15+,17+/m1/s1. The molecule has 0 unspecified atom stereocenters. The van der Waals surface area contributed by atoms with Gasteiger partial charge in [0.05, 0.1) is 12.5 Å². The molecular weight excluding hydrogens is 548 g/mol. The van der Waals surface area contributed by atoms with Crippen molar-refractivity contribution in [2.24, 2.45) is 5.92 Å². The first-order valence-corrected chi connectivity index (χ1v) is 11.9. The molecule has 1 amide bonds. The number of halogens is 5. The number of hydrogen-bond donors (Lipinski definition) is 2. The maximum Gasteiger partial charge on any atom is 0.416 e. The topological polar surface area (TPSA) is 133 Å². The number of hydrogen-bond acceptors (Lipinski definition) is 7. The molecule has 1 fully saturated rings. The maximum absolute atomic E-state index is 13.3. The van der Waals surface area contributed by atoms with Gasteiger partial charge in [-0.1, -0.05) is 11.6 Å². The Balaban J connectivity index is 1.43. The zero-order valence-corrected chi connectivity index (χ0v) is 20.5. The Morgan fingerprint density at radius 1 is 1.18 bits per heavy atom. The number of nitrogens with zero attached hydrogens (tertiary/aromatic N) is 7. The predicted molar refractivity (Wildman–Crippen MR) is 129 cm³/mol. The lowest BCUT2D eigenvalue weighted by Gasteiger charge is -2.15. The summed E-state index contributed by atoms with van der Waals surface area (Å²) in [5.74, 6) is -1.20. The highest BCUT2D eigenvalue weighted by molar-refractivity contribution is 6.30. The van der Waals surface area contributed by atoms with Crippen LogP contribution in [0.4, 0.5) is 23.4 Å². The van der Waals surface area contributed by atoms with E-state index in [1.54, 1.807) is 12.1 Å². The Hall–Kier alpha value is -4.11. The third-order valence-corrected chi connectivity index (χ3v) is 6.17. The number of aliphatic hydroxyl groups is 1. The monoisotopic (exact) mass is 566 g/mol. The summed E-state index contributed by atoms with van der Waals surface area (Å²) >= 11 is 5.90. The van der Waals surface area contributed by atoms with Gasteiger partial charge in [-0.15, -0.1) is 10.2 Å². The van der Waals surface area contributed by atoms with Crippen LogP contribution in [-0.4, -0.2) is 63.6 Å². The SMILES string of the molecule is O=C(Nc1ncccc1-n1cnc(Cn2nc(-c3ccc(Cl)cc3)n(C[C@H](O)C(F)(F)F)c2=O)n1)[C@@H]1C[C@@H]1F. The summed E-state index contributed by atoms with van der Waals surface area (Å²) in [5.41, 5.74) is -0.321. The number of carbonyl (C=O) groups excluding carboxylic acids is 1. The lowest BCUT2D eigenvalue weighted by atomic mass is 10.2. The molecule has 3 heterocycles. The number of carbonyl (C=O) groups is 1. The maximum atomic E-state index is 13.3. The molecule has 1 aromatic carbocycles. The molecule has 204 valence electrons. The van der Waals surface area contributed by atoms with Crippen LogP contribution in [0.15, 0.2) is 53.7 Å². The van der Waals surface area contributed by atoms with Crippen LogP contribution in [-0.2, 0) is 17.9 Å². The minimum absolute atomic E-state index is 0.0629. The fourth-order valence-corrected chi connectivity index (χ4v) is 3.87. The molecule has 3 atom stereocenters. The minimum Gasteiger partial charge on any atom is -0.382 e. The highest BCUT2D eigenvalue weighted by atomic mass is 35.5. The second kappa shape index (κ2) is 10.2. The average Bonchev–Trinajstić information content (AvgIpc) is 3.32. The summed E-state index contributed by atoms with van der Waals surface area (Å²) in [7, 11) is 0. The molecule has 0 radical (unpaired) electrons. The van der Waals surface area contributed by atoms with Gasteiger partial charge in [0.15, 0.2) is 23.6 Å². The quantitative estimate of drug-likeness (QED) is 0.313. The van der Waals surface area contributed by atoms with Crippen molar-refractivity contribution in [2.45, 2.75) is 38.0 Å². The van der Waals surface area contributed by atoms with Crippen molar-refractivity contribution in [1.82, 2.24) is 34.1 Å². The summed E-state index contributed by atoms with van der Waals surface area (Å²) in [4.78, 5) is 33.5. The molecule has 3 aromatic heterocycles. The molecule has 2 N–H and O–H groups in total. The Bertz CT molecular complexity index is 1570. The van der Waals surface area contributed by atoms with Crippen LogP contribution < -0.4 is 11.0 Å². The highest BCUT2D eigenvalue weighted by Crippen LogP contribution is 2.35. The Morgan fingerprint density at radius 3 is 2.56 bits per heavy atom. The third kappa shape index (κ3) is 5.68. The van der Waals surface area contributed by atoms with E-state index >= 15 is 0 Å². The molecule has 0 bridgehead atoms. The molecule has 1 saturated carbocycles. The number of aromatic nitrogens is 7. The minimum atomic E-state index is -4.96. The van der Waals surface area contributed by atoms with E-state index in [1.807, 2.05) is 0 Å². The fraction of sp³-hybridized carbons (Fsp3) is 0.304. The molecule has 1 aliphatic rings. The smallest absolute Gasteiger partial charge is 0.382 e.